The number of benzene rings is 1. The normalized spacial score (nSPS) is 11.3. The van der Waals surface area contributed by atoms with E-state index in [4.69, 9.17) is 0 Å². The molecule has 2 rings (SSSR count). The number of aromatic nitrogens is 3. The Morgan fingerprint density at radius 3 is 2.38 bits per heavy atom. The molecule has 0 aliphatic rings. The van der Waals surface area contributed by atoms with Gasteiger partial charge in [0, 0.05) is 11.6 Å². The summed E-state index contributed by atoms with van der Waals surface area (Å²) in [5.74, 6) is 0.204. The van der Waals surface area contributed by atoms with Crippen LogP contribution in [0.1, 0.15) is 26.3 Å². The van der Waals surface area contributed by atoms with Gasteiger partial charge < -0.3 is 5.11 Å². The summed E-state index contributed by atoms with van der Waals surface area (Å²) in [4.78, 5) is 1.47. The number of rotatable bonds is 4. The Balaban J connectivity index is 2.40. The summed E-state index contributed by atoms with van der Waals surface area (Å²) < 4.78 is 0. The molecule has 1 aromatic heterocycles. The van der Waals surface area contributed by atoms with E-state index in [2.05, 4.69) is 16.8 Å². The zero-order valence-electron chi connectivity index (χ0n) is 12.5. The van der Waals surface area contributed by atoms with Gasteiger partial charge in [0.05, 0.1) is 18.1 Å². The highest BCUT2D eigenvalue weighted by Crippen LogP contribution is 2.28. The second-order valence-corrected chi connectivity index (χ2v) is 5.01. The van der Waals surface area contributed by atoms with Gasteiger partial charge in [-0.1, -0.05) is 24.3 Å². The van der Waals surface area contributed by atoms with E-state index in [-0.39, 0.29) is 5.75 Å². The van der Waals surface area contributed by atoms with E-state index in [0.29, 0.717) is 0 Å². The summed E-state index contributed by atoms with van der Waals surface area (Å²) in [6.45, 7) is 9.85. The fourth-order valence-corrected chi connectivity index (χ4v) is 2.05. The average molecular weight is 281 g/mol. The number of allylic oxidation sites excluding steroid dienone is 5. The molecule has 0 unspecified atom stereocenters. The molecule has 1 heterocycles. The number of nitrogens with zero attached hydrogens (tertiary/aromatic N) is 3. The molecule has 0 saturated carbocycles. The lowest BCUT2D eigenvalue weighted by atomic mass is 10.0. The minimum absolute atomic E-state index is 0.204. The predicted molar refractivity (Wildman–Crippen MR) is 85.2 cm³/mol. The van der Waals surface area contributed by atoms with Gasteiger partial charge in [0.2, 0.25) is 0 Å². The van der Waals surface area contributed by atoms with Crippen molar-refractivity contribution in [1.82, 2.24) is 15.0 Å². The monoisotopic (exact) mass is 281 g/mol. The maximum Gasteiger partial charge on any atom is 0.125 e. The fourth-order valence-electron chi connectivity index (χ4n) is 2.05. The molecule has 0 aliphatic heterocycles. The highest BCUT2D eigenvalue weighted by molar-refractivity contribution is 5.72. The first kappa shape index (κ1) is 14.8. The average Bonchev–Trinajstić information content (AvgIpc) is 2.98. The molecule has 4 heteroatoms. The van der Waals surface area contributed by atoms with Gasteiger partial charge in [0.25, 0.3) is 0 Å². The molecule has 1 aromatic carbocycles. The maximum absolute atomic E-state index is 10.2. The Hall–Kier alpha value is -2.62. The van der Waals surface area contributed by atoms with Crippen molar-refractivity contribution in [2.24, 2.45) is 0 Å². The second-order valence-electron chi connectivity index (χ2n) is 5.01. The van der Waals surface area contributed by atoms with E-state index in [9.17, 15) is 5.11 Å². The third-order valence-electron chi connectivity index (χ3n) is 3.23. The Kier molecular flexibility index (Phi) is 4.38. The van der Waals surface area contributed by atoms with Crippen molar-refractivity contribution in [3.05, 3.63) is 66.0 Å². The topological polar surface area (TPSA) is 50.9 Å². The number of hydrogen-bond acceptors (Lipinski definition) is 3. The summed E-state index contributed by atoms with van der Waals surface area (Å²) in [6.07, 6.45) is 7.03. The van der Waals surface area contributed by atoms with Crippen LogP contribution in [0, 0.1) is 0 Å². The minimum Gasteiger partial charge on any atom is -0.507 e. The lowest BCUT2D eigenvalue weighted by Crippen LogP contribution is -1.98. The molecule has 0 radical (unpaired) electrons. The largest absolute Gasteiger partial charge is 0.507 e. The lowest BCUT2D eigenvalue weighted by molar-refractivity contribution is 0.472. The summed E-state index contributed by atoms with van der Waals surface area (Å²) >= 11 is 0. The molecule has 0 amide bonds. The van der Waals surface area contributed by atoms with Crippen molar-refractivity contribution in [3.63, 3.8) is 0 Å². The van der Waals surface area contributed by atoms with Crippen LogP contribution in [-0.4, -0.2) is 20.1 Å². The standard InChI is InChI=1S/C17H19N3O/c1-5-14(12(2)3)10-13(4)16-7-6-15(11-17(16)21)20-18-8-9-19-20/h5-11,21H,1H2,2-4H3/b13-10+. The van der Waals surface area contributed by atoms with E-state index >= 15 is 0 Å². The van der Waals surface area contributed by atoms with E-state index in [0.717, 1.165) is 22.4 Å². The van der Waals surface area contributed by atoms with Crippen molar-refractivity contribution >= 4 is 5.57 Å². The zero-order valence-corrected chi connectivity index (χ0v) is 12.5. The molecule has 0 spiro atoms. The molecule has 0 saturated heterocycles. The number of aromatic hydroxyl groups is 1. The minimum atomic E-state index is 0.204. The third-order valence-corrected chi connectivity index (χ3v) is 3.23. The molecule has 2 aromatic rings. The molecular formula is C17H19N3O. The number of phenols is 1. The number of phenolic OH excluding ortho intramolecular Hbond substituents is 1. The summed E-state index contributed by atoms with van der Waals surface area (Å²) in [6, 6.07) is 5.40. The van der Waals surface area contributed by atoms with Crippen LogP contribution in [0.15, 0.2) is 60.5 Å². The highest BCUT2D eigenvalue weighted by Gasteiger charge is 2.07. The van der Waals surface area contributed by atoms with Crippen LogP contribution in [0.25, 0.3) is 11.3 Å². The van der Waals surface area contributed by atoms with Crippen LogP contribution >= 0.6 is 0 Å². The van der Waals surface area contributed by atoms with Gasteiger partial charge in [0.1, 0.15) is 5.75 Å². The van der Waals surface area contributed by atoms with Crippen LogP contribution in [0.4, 0.5) is 0 Å². The van der Waals surface area contributed by atoms with Crippen molar-refractivity contribution in [2.45, 2.75) is 20.8 Å². The summed E-state index contributed by atoms with van der Waals surface area (Å²) in [5.41, 5.74) is 4.72. The SMILES string of the molecule is C=CC(/C=C(\C)c1ccc(-n2nccn2)cc1O)=C(C)C. The van der Waals surface area contributed by atoms with Crippen molar-refractivity contribution < 1.29 is 5.11 Å². The van der Waals surface area contributed by atoms with Gasteiger partial charge in [-0.15, -0.1) is 0 Å². The Morgan fingerprint density at radius 2 is 1.86 bits per heavy atom. The van der Waals surface area contributed by atoms with Gasteiger partial charge in [-0.3, -0.25) is 0 Å². The summed E-state index contributed by atoms with van der Waals surface area (Å²) in [5, 5.41) is 18.3. The van der Waals surface area contributed by atoms with Gasteiger partial charge in [-0.2, -0.15) is 15.0 Å². The fraction of sp³-hybridized carbons (Fsp3) is 0.176. The number of hydrogen-bond donors (Lipinski definition) is 1. The first-order chi connectivity index (χ1) is 10.0. The Labute approximate surface area is 124 Å². The van der Waals surface area contributed by atoms with Gasteiger partial charge in [-0.25, -0.2) is 0 Å². The van der Waals surface area contributed by atoms with E-state index in [1.807, 2.05) is 45.1 Å². The van der Waals surface area contributed by atoms with Crippen LogP contribution < -0.4 is 0 Å². The Morgan fingerprint density at radius 1 is 1.19 bits per heavy atom. The van der Waals surface area contributed by atoms with Gasteiger partial charge in [0.15, 0.2) is 0 Å². The highest BCUT2D eigenvalue weighted by atomic mass is 16.3. The molecule has 0 bridgehead atoms. The molecule has 0 fully saturated rings. The molecule has 1 N–H and O–H groups in total. The molecule has 108 valence electrons. The first-order valence-electron chi connectivity index (χ1n) is 6.71. The molecule has 21 heavy (non-hydrogen) atoms. The lowest BCUT2D eigenvalue weighted by Gasteiger charge is -2.08. The van der Waals surface area contributed by atoms with Gasteiger partial charge in [-0.05, 0) is 44.1 Å². The van der Waals surface area contributed by atoms with Gasteiger partial charge >= 0.3 is 0 Å². The van der Waals surface area contributed by atoms with Crippen LogP contribution in [-0.2, 0) is 0 Å². The quantitative estimate of drug-likeness (QED) is 0.865. The predicted octanol–water partition coefficient (Wildman–Crippen LogP) is 3.90. The maximum atomic E-state index is 10.2. The molecule has 0 aliphatic carbocycles. The molecule has 4 nitrogen and oxygen atoms in total. The smallest absolute Gasteiger partial charge is 0.125 e. The second kappa shape index (κ2) is 6.22. The van der Waals surface area contributed by atoms with Crippen LogP contribution in [0.2, 0.25) is 0 Å². The first-order valence-corrected chi connectivity index (χ1v) is 6.71. The zero-order chi connectivity index (χ0) is 15.4. The Bertz CT molecular complexity index is 706. The summed E-state index contributed by atoms with van der Waals surface area (Å²) in [7, 11) is 0. The van der Waals surface area contributed by atoms with Crippen LogP contribution in [0.5, 0.6) is 5.75 Å². The van der Waals surface area contributed by atoms with E-state index < -0.39 is 0 Å². The van der Waals surface area contributed by atoms with Crippen molar-refractivity contribution in [3.8, 4) is 11.4 Å². The molecular weight excluding hydrogens is 262 g/mol. The van der Waals surface area contributed by atoms with E-state index in [1.165, 1.54) is 10.4 Å². The van der Waals surface area contributed by atoms with Crippen LogP contribution in [0.3, 0.4) is 0 Å². The van der Waals surface area contributed by atoms with Crippen molar-refractivity contribution in [1.29, 1.82) is 0 Å². The molecule has 0 atom stereocenters. The van der Waals surface area contributed by atoms with Crippen molar-refractivity contribution in [2.75, 3.05) is 0 Å². The third kappa shape index (κ3) is 3.28. The van der Waals surface area contributed by atoms with E-state index in [1.54, 1.807) is 18.5 Å².